The van der Waals surface area contributed by atoms with Crippen LogP contribution < -0.4 is 15.0 Å². The molecule has 57 heavy (non-hydrogen) atoms. The molecule has 0 aliphatic carbocycles. The number of allylic oxidation sites excluding steroid dienone is 3. The Morgan fingerprint density at radius 1 is 1.16 bits per heavy atom. The summed E-state index contributed by atoms with van der Waals surface area (Å²) in [6.07, 6.45) is 2.73. The monoisotopic (exact) mass is 807 g/mol. The van der Waals surface area contributed by atoms with Gasteiger partial charge in [0, 0.05) is 45.7 Å². The number of likely N-dealkylation sites (N-methyl/N-ethyl adjacent to an activating group) is 1. The lowest BCUT2D eigenvalue weighted by Crippen LogP contribution is -2.53. The molecule has 0 saturated carbocycles. The van der Waals surface area contributed by atoms with E-state index in [9.17, 15) is 24.3 Å². The van der Waals surface area contributed by atoms with E-state index >= 15 is 0 Å². The van der Waals surface area contributed by atoms with E-state index in [0.29, 0.717) is 23.4 Å². The molecule has 0 spiro atoms. The molecule has 4 heterocycles. The number of benzene rings is 2. The van der Waals surface area contributed by atoms with Crippen LogP contribution in [0.2, 0.25) is 5.02 Å². The molecule has 4 bridgehead atoms. The van der Waals surface area contributed by atoms with Gasteiger partial charge in [0.25, 0.3) is 5.91 Å². The van der Waals surface area contributed by atoms with E-state index in [2.05, 4.69) is 5.32 Å². The predicted octanol–water partition coefficient (Wildman–Crippen LogP) is 4.72. The molecule has 4 aliphatic rings. The van der Waals surface area contributed by atoms with Gasteiger partial charge in [0.15, 0.2) is 0 Å². The van der Waals surface area contributed by atoms with Crippen LogP contribution in [0.15, 0.2) is 54.1 Å². The van der Waals surface area contributed by atoms with E-state index in [-0.39, 0.29) is 30.2 Å². The van der Waals surface area contributed by atoms with Crippen LogP contribution in [0.25, 0.3) is 0 Å². The third-order valence-electron chi connectivity index (χ3n) is 12.0. The Kier molecular flexibility index (Phi) is 12.6. The van der Waals surface area contributed by atoms with Crippen molar-refractivity contribution in [2.75, 3.05) is 39.8 Å². The van der Waals surface area contributed by atoms with Crippen molar-refractivity contribution in [2.24, 2.45) is 5.92 Å². The molecule has 308 valence electrons. The van der Waals surface area contributed by atoms with Gasteiger partial charge in [-0.15, -0.1) is 0 Å². The van der Waals surface area contributed by atoms with Crippen molar-refractivity contribution in [1.82, 2.24) is 10.2 Å². The van der Waals surface area contributed by atoms with Gasteiger partial charge >= 0.3 is 11.9 Å². The zero-order valence-electron chi connectivity index (χ0n) is 33.9. The lowest BCUT2D eigenvalue weighted by Gasteiger charge is -2.41. The van der Waals surface area contributed by atoms with Crippen molar-refractivity contribution in [3.63, 3.8) is 0 Å². The van der Waals surface area contributed by atoms with Gasteiger partial charge in [0.05, 0.1) is 31.7 Å². The molecule has 2 aromatic rings. The summed E-state index contributed by atoms with van der Waals surface area (Å²) in [5, 5.41) is 15.5. The minimum atomic E-state index is -1.58. The number of carbonyl (C=O) groups is 4. The van der Waals surface area contributed by atoms with Crippen LogP contribution in [0.3, 0.4) is 0 Å². The number of hydrogen-bond donors (Lipinski definition) is 2. The topological polar surface area (TPSA) is 156 Å². The number of carbonyl (C=O) groups excluding carboxylic acids is 4. The van der Waals surface area contributed by atoms with Gasteiger partial charge in [0.2, 0.25) is 5.91 Å². The van der Waals surface area contributed by atoms with E-state index in [1.807, 2.05) is 38.1 Å². The first-order valence-electron chi connectivity index (χ1n) is 19.4. The Labute approximate surface area is 339 Å². The number of methoxy groups -OCH3 is 2. The summed E-state index contributed by atoms with van der Waals surface area (Å²) in [7, 11) is 6.11. The molecular weight excluding hydrogens is 754 g/mol. The summed E-state index contributed by atoms with van der Waals surface area (Å²) >= 11 is 6.80. The Bertz CT molecular complexity index is 1970. The first-order valence-corrected chi connectivity index (χ1v) is 19.8. The van der Waals surface area contributed by atoms with Gasteiger partial charge < -0.3 is 43.9 Å². The van der Waals surface area contributed by atoms with Crippen LogP contribution in [0, 0.1) is 5.92 Å². The summed E-state index contributed by atoms with van der Waals surface area (Å²) < 4.78 is 29.6. The molecule has 14 heteroatoms. The fourth-order valence-electron chi connectivity index (χ4n) is 8.25. The fourth-order valence-corrected chi connectivity index (χ4v) is 8.56. The van der Waals surface area contributed by atoms with Crippen molar-refractivity contribution in [3.8, 4) is 5.75 Å². The van der Waals surface area contributed by atoms with Gasteiger partial charge in [0.1, 0.15) is 46.3 Å². The summed E-state index contributed by atoms with van der Waals surface area (Å²) in [6, 6.07) is 8.14. The fraction of sp³-hybridized carbons (Fsp3) is 0.535. The number of halogens is 1. The molecule has 0 unspecified atom stereocenters. The second-order valence-corrected chi connectivity index (χ2v) is 16.4. The minimum Gasteiger partial charge on any atom is -0.495 e. The molecule has 2 saturated heterocycles. The number of ether oxygens (including phenoxy) is 5. The van der Waals surface area contributed by atoms with Gasteiger partial charge in [-0.3, -0.25) is 14.4 Å². The number of aliphatic hydroxyl groups is 1. The Balaban J connectivity index is 1.33. The van der Waals surface area contributed by atoms with Crippen LogP contribution in [0.5, 0.6) is 5.75 Å². The number of rotatable bonds is 6. The molecule has 0 radical (unpaired) electrons. The molecule has 2 fully saturated rings. The van der Waals surface area contributed by atoms with Gasteiger partial charge in [-0.25, -0.2) is 4.79 Å². The third kappa shape index (κ3) is 8.78. The van der Waals surface area contributed by atoms with Crippen LogP contribution in [-0.2, 0) is 52.7 Å². The first kappa shape index (κ1) is 42.3. The standard InChI is InChI=1S/C43H54ClN3O10/c1-24-10-9-11-34(54-8)43(52)21-33(55-37(49)22-43)25(2)39-42(4,57-39)35(20-36(48)47(6)31-17-27(16-24)18-32(53-7)38(31)44)56-41(51)26(3)46(5)40(50)29-12-13-30-23-45-15-14-28(30)19-29/h9-13,17-19,25-26,33-35,39,45,52H,14-16,20-23H2,1-8H3/b11-9+,24-10+/t25-,26+,33+,34-,35+,39+,42+,43-/m1/s1. The molecule has 13 nitrogen and oxygen atoms in total. The predicted molar refractivity (Wildman–Crippen MR) is 213 cm³/mol. The second kappa shape index (κ2) is 16.9. The summed E-state index contributed by atoms with van der Waals surface area (Å²) in [5.41, 5.74) is 2.05. The number of hydrogen-bond acceptors (Lipinski definition) is 11. The summed E-state index contributed by atoms with van der Waals surface area (Å²) in [5.74, 6) is -2.20. The molecule has 2 N–H and O–H groups in total. The second-order valence-electron chi connectivity index (χ2n) is 16.0. The number of esters is 2. The maximum absolute atomic E-state index is 14.3. The van der Waals surface area contributed by atoms with E-state index < -0.39 is 65.4 Å². The largest absolute Gasteiger partial charge is 0.495 e. The SMILES string of the molecule is COc1cc2cc(c1Cl)N(C)C(=O)C[C@H](OC(=O)[C@H](C)N(C)C(=O)c1ccc3c(c1)CCNC3)[C@]1(C)O[C@H]1[C@H](C)[C@@H]1C[C@@](O)(CC(=O)O1)[C@H](OC)/C=C/C=C(\C)C2. The van der Waals surface area contributed by atoms with E-state index in [1.165, 1.54) is 24.0 Å². The van der Waals surface area contributed by atoms with Crippen molar-refractivity contribution in [2.45, 2.75) is 108 Å². The molecule has 2 aromatic carbocycles. The Morgan fingerprint density at radius 3 is 2.63 bits per heavy atom. The minimum absolute atomic E-state index is 0.0563. The average Bonchev–Trinajstić information content (AvgIpc) is 3.89. The molecule has 6 rings (SSSR count). The molecule has 8 atom stereocenters. The number of epoxide rings is 1. The van der Waals surface area contributed by atoms with Gasteiger partial charge in [-0.2, -0.15) is 0 Å². The molecular formula is C43H54ClN3O10. The first-order chi connectivity index (χ1) is 27.0. The van der Waals surface area contributed by atoms with Crippen molar-refractivity contribution in [1.29, 1.82) is 0 Å². The van der Waals surface area contributed by atoms with Crippen LogP contribution in [0.1, 0.15) is 74.0 Å². The summed E-state index contributed by atoms with van der Waals surface area (Å²) in [6.45, 7) is 8.64. The molecule has 2 amide bonds. The number of amides is 2. The van der Waals surface area contributed by atoms with Gasteiger partial charge in [-0.05, 0) is 81.1 Å². The lowest BCUT2D eigenvalue weighted by molar-refractivity contribution is -0.187. The van der Waals surface area contributed by atoms with Crippen molar-refractivity contribution < 1.29 is 48.0 Å². The van der Waals surface area contributed by atoms with E-state index in [4.69, 9.17) is 35.3 Å². The Morgan fingerprint density at radius 2 is 1.91 bits per heavy atom. The van der Waals surface area contributed by atoms with Gasteiger partial charge in [-0.1, -0.05) is 48.4 Å². The maximum atomic E-state index is 14.3. The van der Waals surface area contributed by atoms with Crippen LogP contribution in [-0.4, -0.2) is 110 Å². The number of nitrogens with one attached hydrogen (secondary N) is 1. The zero-order chi connectivity index (χ0) is 41.4. The average molecular weight is 808 g/mol. The highest BCUT2D eigenvalue weighted by molar-refractivity contribution is 6.35. The van der Waals surface area contributed by atoms with E-state index in [1.54, 1.807) is 52.2 Å². The Hall–Kier alpha value is -4.27. The van der Waals surface area contributed by atoms with Crippen molar-refractivity contribution in [3.05, 3.63) is 81.4 Å². The number of anilines is 1. The highest BCUT2D eigenvalue weighted by Crippen LogP contribution is 2.50. The smallest absolute Gasteiger partial charge is 0.328 e. The normalized spacial score (nSPS) is 31.1. The molecule has 0 aromatic heterocycles. The highest BCUT2D eigenvalue weighted by atomic mass is 35.5. The number of fused-ring (bicyclic) bond motifs is 6. The lowest BCUT2D eigenvalue weighted by atomic mass is 9.78. The molecule has 4 aliphatic heterocycles. The van der Waals surface area contributed by atoms with E-state index in [0.717, 1.165) is 41.8 Å². The van der Waals surface area contributed by atoms with Crippen LogP contribution >= 0.6 is 11.6 Å². The third-order valence-corrected chi connectivity index (χ3v) is 12.4. The van der Waals surface area contributed by atoms with Crippen molar-refractivity contribution >= 4 is 41.0 Å². The maximum Gasteiger partial charge on any atom is 0.328 e. The highest BCUT2D eigenvalue weighted by Gasteiger charge is 2.64. The zero-order valence-corrected chi connectivity index (χ0v) is 34.7. The number of nitrogens with zero attached hydrogens (tertiary/aromatic N) is 2. The summed E-state index contributed by atoms with van der Waals surface area (Å²) in [4.78, 5) is 57.7. The van der Waals surface area contributed by atoms with Crippen LogP contribution in [0.4, 0.5) is 5.69 Å². The quantitative estimate of drug-likeness (QED) is 0.308.